The average Bonchev–Trinajstić information content (AvgIpc) is 2.34. The summed E-state index contributed by atoms with van der Waals surface area (Å²) in [5.74, 6) is -1.31. The average molecular weight is 333 g/mol. The molecule has 7 heteroatoms. The van der Waals surface area contributed by atoms with E-state index in [1.54, 1.807) is 20.8 Å². The van der Waals surface area contributed by atoms with Crippen molar-refractivity contribution in [1.82, 2.24) is 5.32 Å². The summed E-state index contributed by atoms with van der Waals surface area (Å²) in [5, 5.41) is 2.47. The van der Waals surface area contributed by atoms with Crippen molar-refractivity contribution in [1.29, 1.82) is 0 Å². The van der Waals surface area contributed by atoms with Gasteiger partial charge in [0.15, 0.2) is 0 Å². The quantitative estimate of drug-likeness (QED) is 0.636. The third-order valence-electron chi connectivity index (χ3n) is 2.61. The van der Waals surface area contributed by atoms with Crippen molar-refractivity contribution in [3.05, 3.63) is 41.2 Å². The van der Waals surface area contributed by atoms with E-state index in [1.807, 2.05) is 0 Å². The zero-order valence-electron chi connectivity index (χ0n) is 13.1. The number of benzene rings is 1. The molecule has 1 aromatic rings. The molecular formula is C16H19F4NO2. The summed E-state index contributed by atoms with van der Waals surface area (Å²) in [7, 11) is 0. The van der Waals surface area contributed by atoms with Gasteiger partial charge in [-0.2, -0.15) is 13.2 Å². The summed E-state index contributed by atoms with van der Waals surface area (Å²) in [6, 6.07) is 3.16. The molecule has 0 saturated carbocycles. The second-order valence-corrected chi connectivity index (χ2v) is 5.82. The zero-order valence-corrected chi connectivity index (χ0v) is 13.1. The Bertz CT molecular complexity index is 574. The van der Waals surface area contributed by atoms with E-state index in [4.69, 9.17) is 4.74 Å². The lowest BCUT2D eigenvalue weighted by Gasteiger charge is -2.19. The van der Waals surface area contributed by atoms with Gasteiger partial charge >= 0.3 is 12.3 Å². The lowest BCUT2D eigenvalue weighted by Crippen LogP contribution is -2.32. The Morgan fingerprint density at radius 1 is 1.26 bits per heavy atom. The molecule has 0 fully saturated rings. The minimum Gasteiger partial charge on any atom is -0.444 e. The Labute approximate surface area is 132 Å². The van der Waals surface area contributed by atoms with Crippen molar-refractivity contribution in [2.24, 2.45) is 0 Å². The van der Waals surface area contributed by atoms with Gasteiger partial charge < -0.3 is 10.1 Å². The van der Waals surface area contributed by atoms with Crippen LogP contribution in [0.3, 0.4) is 0 Å². The first-order valence-electron chi connectivity index (χ1n) is 7.00. The fourth-order valence-electron chi connectivity index (χ4n) is 1.76. The molecule has 0 aromatic heterocycles. The van der Waals surface area contributed by atoms with Gasteiger partial charge in [-0.05, 0) is 38.8 Å². The van der Waals surface area contributed by atoms with Crippen LogP contribution in [0.2, 0.25) is 0 Å². The molecular weight excluding hydrogens is 314 g/mol. The van der Waals surface area contributed by atoms with E-state index in [0.29, 0.717) is 0 Å². The number of hydrogen-bond acceptors (Lipinski definition) is 2. The molecule has 1 rings (SSSR count). The lowest BCUT2D eigenvalue weighted by atomic mass is 10.1. The van der Waals surface area contributed by atoms with Crippen LogP contribution < -0.4 is 5.32 Å². The SMILES string of the molecule is CC(C)(C)OC(=O)NCCC=Cc1cccc(F)c1C(F)(F)F. The largest absolute Gasteiger partial charge is 0.444 e. The summed E-state index contributed by atoms with van der Waals surface area (Å²) in [5.41, 5.74) is -2.17. The van der Waals surface area contributed by atoms with Gasteiger partial charge in [0.2, 0.25) is 0 Å². The van der Waals surface area contributed by atoms with Gasteiger partial charge in [0, 0.05) is 6.54 Å². The monoisotopic (exact) mass is 333 g/mol. The number of carbonyl (C=O) groups is 1. The molecule has 0 bridgehead atoms. The molecule has 1 amide bonds. The van der Waals surface area contributed by atoms with Gasteiger partial charge in [-0.1, -0.05) is 24.3 Å². The summed E-state index contributed by atoms with van der Waals surface area (Å²) in [4.78, 5) is 11.4. The maximum Gasteiger partial charge on any atom is 0.419 e. The number of ether oxygens (including phenoxy) is 1. The predicted molar refractivity (Wildman–Crippen MR) is 79.3 cm³/mol. The first-order chi connectivity index (χ1) is 10.5. The first kappa shape index (κ1) is 19.0. The van der Waals surface area contributed by atoms with E-state index in [-0.39, 0.29) is 18.5 Å². The number of rotatable bonds is 4. The molecule has 0 aliphatic carbocycles. The topological polar surface area (TPSA) is 38.3 Å². The third kappa shape index (κ3) is 6.71. The first-order valence-corrected chi connectivity index (χ1v) is 7.00. The predicted octanol–water partition coefficient (Wildman–Crippen LogP) is 4.77. The number of nitrogens with one attached hydrogen (secondary N) is 1. The van der Waals surface area contributed by atoms with E-state index >= 15 is 0 Å². The molecule has 128 valence electrons. The van der Waals surface area contributed by atoms with E-state index in [0.717, 1.165) is 6.07 Å². The Kier molecular flexibility index (Phi) is 6.18. The summed E-state index contributed by atoms with van der Waals surface area (Å²) in [6.45, 7) is 5.35. The summed E-state index contributed by atoms with van der Waals surface area (Å²) in [6.07, 6.45) is -2.47. The second kappa shape index (κ2) is 7.48. The Hall–Kier alpha value is -2.05. The molecule has 23 heavy (non-hydrogen) atoms. The highest BCUT2D eigenvalue weighted by molar-refractivity contribution is 5.67. The molecule has 0 aliphatic rings. The maximum atomic E-state index is 13.4. The molecule has 0 heterocycles. The zero-order chi connectivity index (χ0) is 17.7. The van der Waals surface area contributed by atoms with Gasteiger partial charge in [0.1, 0.15) is 11.4 Å². The molecule has 0 unspecified atom stereocenters. The van der Waals surface area contributed by atoms with Gasteiger partial charge in [0.25, 0.3) is 0 Å². The minimum absolute atomic E-state index is 0.197. The van der Waals surface area contributed by atoms with Crippen LogP contribution in [0.1, 0.15) is 38.3 Å². The third-order valence-corrected chi connectivity index (χ3v) is 2.61. The van der Waals surface area contributed by atoms with Crippen LogP contribution in [-0.2, 0) is 10.9 Å². The van der Waals surface area contributed by atoms with Gasteiger partial charge in [-0.15, -0.1) is 0 Å². The van der Waals surface area contributed by atoms with Crippen molar-refractivity contribution < 1.29 is 27.1 Å². The standard InChI is InChI=1S/C16H19F4NO2/c1-15(2,3)23-14(22)21-10-5-4-7-11-8-6-9-12(17)13(11)16(18,19)20/h4,6-9H,5,10H2,1-3H3,(H,21,22). The highest BCUT2D eigenvalue weighted by Crippen LogP contribution is 2.34. The van der Waals surface area contributed by atoms with Crippen LogP contribution in [0.15, 0.2) is 24.3 Å². The van der Waals surface area contributed by atoms with Crippen molar-refractivity contribution in [3.63, 3.8) is 0 Å². The van der Waals surface area contributed by atoms with Crippen molar-refractivity contribution in [3.8, 4) is 0 Å². The Balaban J connectivity index is 2.60. The summed E-state index contributed by atoms with van der Waals surface area (Å²) < 4.78 is 56.8. The molecule has 1 aromatic carbocycles. The highest BCUT2D eigenvalue weighted by atomic mass is 19.4. The number of alkyl halides is 3. The minimum atomic E-state index is -4.76. The van der Waals surface area contributed by atoms with Crippen molar-refractivity contribution >= 4 is 12.2 Å². The molecule has 0 aliphatic heterocycles. The van der Waals surface area contributed by atoms with Crippen LogP contribution >= 0.6 is 0 Å². The number of amides is 1. The fraction of sp³-hybridized carbons (Fsp3) is 0.438. The summed E-state index contributed by atoms with van der Waals surface area (Å²) >= 11 is 0. The number of alkyl carbamates (subject to hydrolysis) is 1. The van der Waals surface area contributed by atoms with E-state index < -0.39 is 29.3 Å². The number of carbonyl (C=O) groups excluding carboxylic acids is 1. The van der Waals surface area contributed by atoms with E-state index in [1.165, 1.54) is 24.3 Å². The van der Waals surface area contributed by atoms with Crippen LogP contribution in [0.4, 0.5) is 22.4 Å². The van der Waals surface area contributed by atoms with Crippen LogP contribution in [0.5, 0.6) is 0 Å². The number of hydrogen-bond donors (Lipinski definition) is 1. The van der Waals surface area contributed by atoms with Crippen molar-refractivity contribution in [2.75, 3.05) is 6.54 Å². The van der Waals surface area contributed by atoms with E-state index in [2.05, 4.69) is 5.32 Å². The van der Waals surface area contributed by atoms with Crippen LogP contribution in [0, 0.1) is 5.82 Å². The molecule has 0 radical (unpaired) electrons. The number of halogens is 4. The van der Waals surface area contributed by atoms with Gasteiger partial charge in [-0.25, -0.2) is 9.18 Å². The van der Waals surface area contributed by atoms with Crippen LogP contribution in [-0.4, -0.2) is 18.2 Å². The molecule has 3 nitrogen and oxygen atoms in total. The molecule has 0 spiro atoms. The molecule has 0 saturated heterocycles. The Morgan fingerprint density at radius 3 is 2.48 bits per heavy atom. The smallest absolute Gasteiger partial charge is 0.419 e. The Morgan fingerprint density at radius 2 is 1.91 bits per heavy atom. The van der Waals surface area contributed by atoms with Gasteiger partial charge in [-0.3, -0.25) is 0 Å². The van der Waals surface area contributed by atoms with Crippen LogP contribution in [0.25, 0.3) is 6.08 Å². The molecule has 0 atom stereocenters. The fourth-order valence-corrected chi connectivity index (χ4v) is 1.76. The normalized spacial score (nSPS) is 12.5. The molecule has 1 N–H and O–H groups in total. The maximum absolute atomic E-state index is 13.4. The van der Waals surface area contributed by atoms with E-state index in [9.17, 15) is 22.4 Å². The lowest BCUT2D eigenvalue weighted by molar-refractivity contribution is -0.140. The van der Waals surface area contributed by atoms with Gasteiger partial charge in [0.05, 0.1) is 5.56 Å². The highest BCUT2D eigenvalue weighted by Gasteiger charge is 2.35. The second-order valence-electron chi connectivity index (χ2n) is 5.82. The van der Waals surface area contributed by atoms with Crippen molar-refractivity contribution in [2.45, 2.75) is 39.0 Å².